The number of ether oxygens (including phenoxy) is 1. The van der Waals surface area contributed by atoms with Crippen molar-refractivity contribution in [3.05, 3.63) is 111 Å². The van der Waals surface area contributed by atoms with E-state index >= 15 is 0 Å². The lowest BCUT2D eigenvalue weighted by atomic mass is 10.1. The molecule has 0 amide bonds. The zero-order valence-electron chi connectivity index (χ0n) is 48.3. The van der Waals surface area contributed by atoms with Crippen LogP contribution in [0.1, 0.15) is 158 Å². The summed E-state index contributed by atoms with van der Waals surface area (Å²) in [5.74, 6) is 5.95. The van der Waals surface area contributed by atoms with E-state index in [1.165, 1.54) is 140 Å². The summed E-state index contributed by atoms with van der Waals surface area (Å²) in [4.78, 5) is 47.4. The number of aromatic nitrogens is 4. The number of thiophene rings is 4. The highest BCUT2D eigenvalue weighted by atomic mass is 32.1. The molecule has 13 heterocycles. The number of hydrogen-bond donors (Lipinski definition) is 4. The molecule has 7 aliphatic rings. The van der Waals surface area contributed by atoms with Gasteiger partial charge in [0.15, 0.2) is 0 Å². The van der Waals surface area contributed by atoms with Gasteiger partial charge in [-0.2, -0.15) is 0 Å². The normalized spacial score (nSPS) is 17.3. The van der Waals surface area contributed by atoms with E-state index in [0.717, 1.165) is 133 Å². The largest absolute Gasteiger partial charge is 0.381 e. The SMILES string of the molecule is Cc1cc(C)c2c3c(sc2n1)C(NC1CCCC1)=NC3.Cc1cc(C)c2c3c(sc2n1)C(NC1CCOCC1)=NC3.Cc1cc(C)c2c3c(sc2n1)C(NCC1CC1)=NC3.Cc1cc(C)c2c3c(sc2n1)C(NCCC(C)C)=NC3. The van der Waals surface area contributed by atoms with Crippen LogP contribution in [0.4, 0.5) is 0 Å². The molecule has 13 nitrogen and oxygen atoms in total. The lowest BCUT2D eigenvalue weighted by molar-refractivity contribution is 0.0825. The Morgan fingerprint density at radius 2 is 0.812 bits per heavy atom. The lowest BCUT2D eigenvalue weighted by Gasteiger charge is -2.23. The Hall–Kier alpha value is -5.72. The minimum Gasteiger partial charge on any atom is -0.381 e. The molecule has 0 atom stereocenters. The second kappa shape index (κ2) is 23.3. The third kappa shape index (κ3) is 11.4. The van der Waals surface area contributed by atoms with Gasteiger partial charge in [-0.25, -0.2) is 19.9 Å². The smallest absolute Gasteiger partial charge is 0.139 e. The van der Waals surface area contributed by atoms with E-state index in [0.29, 0.717) is 12.1 Å². The molecular weight excluding hydrogens is 1070 g/mol. The van der Waals surface area contributed by atoms with Gasteiger partial charge in [0, 0.05) is 105 Å². The number of fused-ring (bicyclic) bond motifs is 12. The first kappa shape index (κ1) is 54.8. The van der Waals surface area contributed by atoms with E-state index in [1.807, 2.05) is 0 Å². The van der Waals surface area contributed by atoms with Gasteiger partial charge in [-0.05, 0) is 159 Å². The maximum Gasteiger partial charge on any atom is 0.139 e. The summed E-state index contributed by atoms with van der Waals surface area (Å²) in [5, 5.41) is 19.6. The molecule has 8 aromatic heterocycles. The molecule has 8 aromatic rings. The Morgan fingerprint density at radius 3 is 1.19 bits per heavy atom. The maximum atomic E-state index is 5.42. The van der Waals surface area contributed by atoms with Crippen LogP contribution in [-0.2, 0) is 30.9 Å². The van der Waals surface area contributed by atoms with Crippen LogP contribution in [0.15, 0.2) is 44.2 Å². The lowest BCUT2D eigenvalue weighted by Crippen LogP contribution is -2.38. The highest BCUT2D eigenvalue weighted by molar-refractivity contribution is 7.22. The monoisotopic (exact) mass is 1140 g/mol. The topological polar surface area (TPSA) is 158 Å². The molecule has 1 saturated heterocycles. The molecule has 5 aliphatic heterocycles. The maximum absolute atomic E-state index is 5.42. The molecule has 3 fully saturated rings. The fourth-order valence-corrected chi connectivity index (χ4v) is 17.3. The Kier molecular flexibility index (Phi) is 16.0. The van der Waals surface area contributed by atoms with Gasteiger partial charge < -0.3 is 26.0 Å². The predicted octanol–water partition coefficient (Wildman–Crippen LogP) is 13.6. The molecule has 0 radical (unpaired) electrons. The standard InChI is InChI=1S/C16H19N3OS.C16H19N3S.C16H21N3S.C15H17N3S/c1-9-7-10(2)18-16-13(9)12-8-17-15(14(12)21-16)19-11-3-5-20-6-4-11;1-9-7-10(2)18-16-13(9)12-8-17-15(14(12)20-16)19-11-5-3-4-6-11;1-9(2)5-6-17-15-14-12(8-18-15)13-10(3)7-11(4)19-16(13)20-14;1-8-5-9(2)18-15-12(8)11-7-17-14(13(11)19-15)16-6-10-3-4-10/h7,11H,3-6,8H2,1-2H3,(H,17,19);7,11H,3-6,8H2,1-2H3,(H,17,19);7,9H,5-6,8H2,1-4H3,(H,17,18);5,10H,3-4,6-7H2,1-2H3,(H,16,17). The molecule has 15 rings (SSSR count). The second-order valence-corrected chi connectivity index (χ2v) is 27.4. The zero-order chi connectivity index (χ0) is 55.3. The number of nitrogens with one attached hydrogen (secondary N) is 4. The molecule has 0 aromatic carbocycles. The number of amidine groups is 4. The van der Waals surface area contributed by atoms with E-state index in [-0.39, 0.29) is 0 Å². The molecule has 2 aliphatic carbocycles. The van der Waals surface area contributed by atoms with Crippen molar-refractivity contribution in [2.75, 3.05) is 26.3 Å². The predicted molar refractivity (Wildman–Crippen MR) is 338 cm³/mol. The molecule has 80 heavy (non-hydrogen) atoms. The van der Waals surface area contributed by atoms with E-state index in [4.69, 9.17) is 24.7 Å². The fraction of sp³-hybridized carbons (Fsp3) is 0.492. The number of aliphatic imine (C=N–C) groups is 4. The second-order valence-electron chi connectivity index (χ2n) is 23.4. The summed E-state index contributed by atoms with van der Waals surface area (Å²) in [5.41, 5.74) is 15.2. The molecular formula is C63H76N12OS4. The number of pyridine rings is 4. The molecule has 2 saturated carbocycles. The number of nitrogens with zero attached hydrogens (tertiary/aromatic N) is 8. The van der Waals surface area contributed by atoms with Crippen LogP contribution in [0.3, 0.4) is 0 Å². The summed E-state index contributed by atoms with van der Waals surface area (Å²) in [6.07, 6.45) is 11.3. The van der Waals surface area contributed by atoms with Gasteiger partial charge in [0.05, 0.1) is 45.7 Å². The van der Waals surface area contributed by atoms with Crippen LogP contribution in [0, 0.1) is 67.2 Å². The average Bonchev–Trinajstić information content (AvgIpc) is 4.40. The minimum absolute atomic E-state index is 0.490. The first-order valence-corrected chi connectivity index (χ1v) is 32.4. The number of aryl methyl sites for hydroxylation is 8. The summed E-state index contributed by atoms with van der Waals surface area (Å²) in [6.45, 7) is 28.5. The van der Waals surface area contributed by atoms with E-state index in [1.54, 1.807) is 45.3 Å². The molecule has 0 unspecified atom stereocenters. The van der Waals surface area contributed by atoms with Crippen LogP contribution in [0.2, 0.25) is 0 Å². The summed E-state index contributed by atoms with van der Waals surface area (Å²) in [7, 11) is 0. The Balaban J connectivity index is 0.000000106. The van der Waals surface area contributed by atoms with Gasteiger partial charge in [-0.3, -0.25) is 20.0 Å². The van der Waals surface area contributed by atoms with Crippen molar-refractivity contribution in [1.82, 2.24) is 41.2 Å². The number of rotatable bonds is 7. The Bertz CT molecular complexity index is 3800. The Morgan fingerprint density at radius 1 is 0.463 bits per heavy atom. The first-order chi connectivity index (χ1) is 38.7. The van der Waals surface area contributed by atoms with Crippen LogP contribution in [-0.4, -0.2) is 81.7 Å². The van der Waals surface area contributed by atoms with Crippen molar-refractivity contribution >= 4 is 110 Å². The Labute approximate surface area is 486 Å². The third-order valence-corrected chi connectivity index (χ3v) is 20.8. The van der Waals surface area contributed by atoms with Gasteiger partial charge in [0.25, 0.3) is 0 Å². The van der Waals surface area contributed by atoms with Gasteiger partial charge in [0.2, 0.25) is 0 Å². The fourth-order valence-electron chi connectivity index (χ4n) is 12.2. The highest BCUT2D eigenvalue weighted by Crippen LogP contribution is 2.41. The molecule has 0 bridgehead atoms. The third-order valence-electron chi connectivity index (χ3n) is 16.3. The van der Waals surface area contributed by atoms with Gasteiger partial charge >= 0.3 is 0 Å². The van der Waals surface area contributed by atoms with Crippen LogP contribution in [0.5, 0.6) is 0 Å². The van der Waals surface area contributed by atoms with Crippen LogP contribution in [0.25, 0.3) is 40.9 Å². The van der Waals surface area contributed by atoms with Crippen LogP contribution < -0.4 is 21.3 Å². The van der Waals surface area contributed by atoms with E-state index in [2.05, 4.69) is 135 Å². The molecule has 17 heteroatoms. The summed E-state index contributed by atoms with van der Waals surface area (Å²) < 4.78 is 5.42. The van der Waals surface area contributed by atoms with Crippen molar-refractivity contribution in [2.24, 2.45) is 31.8 Å². The van der Waals surface area contributed by atoms with Gasteiger partial charge in [0.1, 0.15) is 42.7 Å². The highest BCUT2D eigenvalue weighted by Gasteiger charge is 2.30. The zero-order valence-corrected chi connectivity index (χ0v) is 51.5. The van der Waals surface area contributed by atoms with Crippen LogP contribution >= 0.6 is 45.3 Å². The quantitative estimate of drug-likeness (QED) is 0.122. The van der Waals surface area contributed by atoms with Crippen molar-refractivity contribution in [1.29, 1.82) is 0 Å². The van der Waals surface area contributed by atoms with Crippen molar-refractivity contribution in [3.8, 4) is 0 Å². The first-order valence-electron chi connectivity index (χ1n) is 29.1. The summed E-state index contributed by atoms with van der Waals surface area (Å²) >= 11 is 7.15. The van der Waals surface area contributed by atoms with Gasteiger partial charge in [-0.15, -0.1) is 45.3 Å². The van der Waals surface area contributed by atoms with E-state index < -0.39 is 0 Å². The van der Waals surface area contributed by atoms with Crippen molar-refractivity contribution in [2.45, 2.75) is 165 Å². The van der Waals surface area contributed by atoms with Crippen molar-refractivity contribution in [3.63, 3.8) is 0 Å². The molecule has 4 N–H and O–H groups in total. The summed E-state index contributed by atoms with van der Waals surface area (Å²) in [6, 6.07) is 9.80. The number of hydrogen-bond acceptors (Lipinski definition) is 17. The molecule has 418 valence electrons. The van der Waals surface area contributed by atoms with Gasteiger partial charge in [-0.1, -0.05) is 26.7 Å². The van der Waals surface area contributed by atoms with Crippen molar-refractivity contribution < 1.29 is 4.74 Å². The van der Waals surface area contributed by atoms with E-state index in [9.17, 15) is 0 Å². The molecule has 0 spiro atoms. The average molecular weight is 1150 g/mol. The minimum atomic E-state index is 0.490.